The van der Waals surface area contributed by atoms with E-state index >= 15 is 0 Å². The van der Waals surface area contributed by atoms with E-state index in [-0.39, 0.29) is 5.91 Å². The van der Waals surface area contributed by atoms with Crippen LogP contribution in [0.2, 0.25) is 5.02 Å². The number of likely N-dealkylation sites (tertiary alicyclic amines) is 1. The molecule has 20 heavy (non-hydrogen) atoms. The standard InChI is InChI=1S/C14H17ClN2O3/c1-10-8-12(15)11(9-16-10)13(18)17-4-2-14(3-5-17)19-6-7-20-14/h8-9H,2-7H2,1H3. The number of hydrogen-bond donors (Lipinski definition) is 0. The van der Waals surface area contributed by atoms with Crippen LogP contribution in [0, 0.1) is 6.92 Å². The average molecular weight is 297 g/mol. The maximum absolute atomic E-state index is 12.5. The van der Waals surface area contributed by atoms with Crippen molar-refractivity contribution >= 4 is 17.5 Å². The Balaban J connectivity index is 1.69. The maximum Gasteiger partial charge on any atom is 0.256 e. The average Bonchev–Trinajstić information content (AvgIpc) is 2.87. The van der Waals surface area contributed by atoms with Crippen LogP contribution in [0.4, 0.5) is 0 Å². The first-order valence-electron chi connectivity index (χ1n) is 6.79. The Morgan fingerprint density at radius 2 is 2.00 bits per heavy atom. The van der Waals surface area contributed by atoms with Crippen LogP contribution in [-0.4, -0.2) is 47.9 Å². The van der Waals surface area contributed by atoms with Gasteiger partial charge in [-0.15, -0.1) is 0 Å². The second kappa shape index (κ2) is 5.31. The zero-order valence-corrected chi connectivity index (χ0v) is 12.2. The van der Waals surface area contributed by atoms with E-state index in [9.17, 15) is 4.79 Å². The number of ether oxygens (including phenoxy) is 2. The van der Waals surface area contributed by atoms with Crippen LogP contribution < -0.4 is 0 Å². The molecule has 3 heterocycles. The molecule has 2 fully saturated rings. The number of halogens is 1. The predicted molar refractivity (Wildman–Crippen MR) is 73.8 cm³/mol. The van der Waals surface area contributed by atoms with Crippen LogP contribution in [0.25, 0.3) is 0 Å². The number of carbonyl (C=O) groups is 1. The van der Waals surface area contributed by atoms with Crippen LogP contribution in [0.15, 0.2) is 12.3 Å². The summed E-state index contributed by atoms with van der Waals surface area (Å²) in [6, 6.07) is 1.71. The van der Waals surface area contributed by atoms with Crippen molar-refractivity contribution in [3.05, 3.63) is 28.5 Å². The van der Waals surface area contributed by atoms with Crippen molar-refractivity contribution in [3.63, 3.8) is 0 Å². The SMILES string of the molecule is Cc1cc(Cl)c(C(=O)N2CCC3(CC2)OCCO3)cn1. The van der Waals surface area contributed by atoms with E-state index in [1.54, 1.807) is 17.2 Å². The van der Waals surface area contributed by atoms with E-state index in [0.717, 1.165) is 5.69 Å². The van der Waals surface area contributed by atoms with Gasteiger partial charge in [0.25, 0.3) is 5.91 Å². The smallest absolute Gasteiger partial charge is 0.256 e. The Kier molecular flexibility index (Phi) is 3.67. The summed E-state index contributed by atoms with van der Waals surface area (Å²) >= 11 is 6.13. The highest BCUT2D eigenvalue weighted by atomic mass is 35.5. The van der Waals surface area contributed by atoms with Gasteiger partial charge in [-0.3, -0.25) is 9.78 Å². The molecule has 3 rings (SSSR count). The summed E-state index contributed by atoms with van der Waals surface area (Å²) in [7, 11) is 0. The predicted octanol–water partition coefficient (Wildman–Crippen LogP) is 2.02. The topological polar surface area (TPSA) is 51.7 Å². The zero-order valence-electron chi connectivity index (χ0n) is 11.4. The first-order valence-corrected chi connectivity index (χ1v) is 7.17. The van der Waals surface area contributed by atoms with Crippen LogP contribution in [0.3, 0.4) is 0 Å². The van der Waals surface area contributed by atoms with Crippen molar-refractivity contribution in [2.45, 2.75) is 25.6 Å². The van der Waals surface area contributed by atoms with Crippen molar-refractivity contribution in [3.8, 4) is 0 Å². The zero-order chi connectivity index (χ0) is 14.2. The molecular weight excluding hydrogens is 280 g/mol. The number of piperidine rings is 1. The number of aryl methyl sites for hydroxylation is 1. The van der Waals surface area contributed by atoms with Crippen molar-refractivity contribution in [1.29, 1.82) is 0 Å². The number of hydrogen-bond acceptors (Lipinski definition) is 4. The molecule has 2 saturated heterocycles. The maximum atomic E-state index is 12.5. The van der Waals surface area contributed by atoms with Crippen molar-refractivity contribution in [2.24, 2.45) is 0 Å². The molecule has 0 aliphatic carbocycles. The number of aromatic nitrogens is 1. The molecule has 2 aliphatic heterocycles. The third-order valence-electron chi connectivity index (χ3n) is 3.85. The first kappa shape index (κ1) is 13.8. The molecule has 0 N–H and O–H groups in total. The van der Waals surface area contributed by atoms with Crippen molar-refractivity contribution in [1.82, 2.24) is 9.88 Å². The number of carbonyl (C=O) groups excluding carboxylic acids is 1. The highest BCUT2D eigenvalue weighted by molar-refractivity contribution is 6.33. The highest BCUT2D eigenvalue weighted by Gasteiger charge is 2.41. The van der Waals surface area contributed by atoms with Gasteiger partial charge >= 0.3 is 0 Å². The van der Waals surface area contributed by atoms with Crippen molar-refractivity contribution in [2.75, 3.05) is 26.3 Å². The summed E-state index contributed by atoms with van der Waals surface area (Å²) in [5.74, 6) is -0.540. The minimum atomic E-state index is -0.466. The Morgan fingerprint density at radius 3 is 2.60 bits per heavy atom. The van der Waals surface area contributed by atoms with Gasteiger partial charge in [0.05, 0.1) is 23.8 Å². The third kappa shape index (κ3) is 2.53. The molecule has 0 saturated carbocycles. The molecule has 0 unspecified atom stereocenters. The largest absolute Gasteiger partial charge is 0.347 e. The Hall–Kier alpha value is -1.17. The monoisotopic (exact) mass is 296 g/mol. The van der Waals surface area contributed by atoms with E-state index in [4.69, 9.17) is 21.1 Å². The molecule has 0 aromatic carbocycles. The third-order valence-corrected chi connectivity index (χ3v) is 4.16. The normalized spacial score (nSPS) is 21.4. The first-order chi connectivity index (χ1) is 9.60. The number of nitrogens with zero attached hydrogens (tertiary/aromatic N) is 2. The lowest BCUT2D eigenvalue weighted by molar-refractivity contribution is -0.181. The number of rotatable bonds is 1. The van der Waals surface area contributed by atoms with Crippen LogP contribution in [-0.2, 0) is 9.47 Å². The molecule has 0 radical (unpaired) electrons. The van der Waals surface area contributed by atoms with Gasteiger partial charge in [-0.25, -0.2) is 0 Å². The van der Waals surface area contributed by atoms with Gasteiger partial charge in [-0.05, 0) is 13.0 Å². The summed E-state index contributed by atoms with van der Waals surface area (Å²) in [5, 5.41) is 0.455. The van der Waals surface area contributed by atoms with Crippen LogP contribution in [0.5, 0.6) is 0 Å². The molecule has 1 aromatic heterocycles. The fraction of sp³-hybridized carbons (Fsp3) is 0.571. The van der Waals surface area contributed by atoms with Gasteiger partial charge in [0.2, 0.25) is 0 Å². The molecule has 6 heteroatoms. The lowest BCUT2D eigenvalue weighted by atomic mass is 10.0. The van der Waals surface area contributed by atoms with Crippen molar-refractivity contribution < 1.29 is 14.3 Å². The summed E-state index contributed by atoms with van der Waals surface area (Å²) in [4.78, 5) is 18.4. The molecule has 1 spiro atoms. The Bertz CT molecular complexity index is 519. The fourth-order valence-electron chi connectivity index (χ4n) is 2.69. The highest BCUT2D eigenvalue weighted by Crippen LogP contribution is 2.32. The lowest BCUT2D eigenvalue weighted by Gasteiger charge is -2.37. The van der Waals surface area contributed by atoms with Gasteiger partial charge in [0, 0.05) is 37.8 Å². The second-order valence-electron chi connectivity index (χ2n) is 5.21. The minimum absolute atomic E-state index is 0.0738. The minimum Gasteiger partial charge on any atom is -0.347 e. The van der Waals surface area contributed by atoms with Crippen LogP contribution in [0.1, 0.15) is 28.9 Å². The second-order valence-corrected chi connectivity index (χ2v) is 5.61. The molecule has 0 bridgehead atoms. The van der Waals surface area contributed by atoms with Gasteiger partial charge in [-0.2, -0.15) is 0 Å². The van der Waals surface area contributed by atoms with E-state index in [0.29, 0.717) is 49.7 Å². The molecule has 0 atom stereocenters. The molecule has 1 aromatic rings. The Morgan fingerprint density at radius 1 is 1.35 bits per heavy atom. The molecule has 5 nitrogen and oxygen atoms in total. The summed E-state index contributed by atoms with van der Waals surface area (Å²) in [6.07, 6.45) is 2.96. The summed E-state index contributed by atoms with van der Waals surface area (Å²) < 4.78 is 11.3. The summed E-state index contributed by atoms with van der Waals surface area (Å²) in [5.41, 5.74) is 1.26. The fourth-order valence-corrected chi connectivity index (χ4v) is 2.98. The van der Waals surface area contributed by atoms with Gasteiger partial charge < -0.3 is 14.4 Å². The molecule has 1 amide bonds. The van der Waals surface area contributed by atoms with E-state index in [2.05, 4.69) is 4.98 Å². The molecular formula is C14H17ClN2O3. The lowest BCUT2D eigenvalue weighted by Crippen LogP contribution is -2.47. The van der Waals surface area contributed by atoms with Gasteiger partial charge in [0.1, 0.15) is 0 Å². The van der Waals surface area contributed by atoms with E-state index < -0.39 is 5.79 Å². The van der Waals surface area contributed by atoms with Crippen LogP contribution >= 0.6 is 11.6 Å². The summed E-state index contributed by atoms with van der Waals surface area (Å²) in [6.45, 7) is 4.36. The number of pyridine rings is 1. The van der Waals surface area contributed by atoms with E-state index in [1.807, 2.05) is 6.92 Å². The molecule has 108 valence electrons. The number of amides is 1. The van der Waals surface area contributed by atoms with Gasteiger partial charge in [0.15, 0.2) is 5.79 Å². The van der Waals surface area contributed by atoms with E-state index in [1.165, 1.54) is 0 Å². The van der Waals surface area contributed by atoms with Gasteiger partial charge in [-0.1, -0.05) is 11.6 Å². The Labute approximate surface area is 122 Å². The molecule has 2 aliphatic rings. The quantitative estimate of drug-likeness (QED) is 0.795.